The maximum atomic E-state index is 14.1. The monoisotopic (exact) mass is 519 g/mol. The number of tetrazole rings is 1. The highest BCUT2D eigenvalue weighted by atomic mass is 35.5. The number of rotatable bonds is 6. The number of aromatic nitrogens is 6. The van der Waals surface area contributed by atoms with Crippen molar-refractivity contribution in [2.24, 2.45) is 0 Å². The van der Waals surface area contributed by atoms with Crippen LogP contribution >= 0.6 is 12.4 Å². The first-order valence-corrected chi connectivity index (χ1v) is 13.4. The predicted octanol–water partition coefficient (Wildman–Crippen LogP) is 5.59. The molecule has 2 aliphatic rings. The summed E-state index contributed by atoms with van der Waals surface area (Å²) in [5, 5.41) is 11.6. The van der Waals surface area contributed by atoms with Crippen LogP contribution in [-0.4, -0.2) is 52.6 Å². The van der Waals surface area contributed by atoms with Gasteiger partial charge in [-0.3, -0.25) is 4.79 Å². The highest BCUT2D eigenvalue weighted by molar-refractivity contribution is 5.85. The van der Waals surface area contributed by atoms with Crippen molar-refractivity contribution in [3.05, 3.63) is 54.9 Å². The maximum absolute atomic E-state index is 14.1. The molecule has 2 fully saturated rings. The smallest absolute Gasteiger partial charge is 0.243 e. The quantitative estimate of drug-likeness (QED) is 0.331. The van der Waals surface area contributed by atoms with Crippen molar-refractivity contribution in [3.63, 3.8) is 0 Å². The molecule has 1 amide bonds. The number of halogens is 1. The normalized spacial score (nSPS) is 17.0. The molecule has 2 heterocycles. The minimum Gasteiger partial charge on any atom is -0.335 e. The van der Waals surface area contributed by atoms with Crippen LogP contribution in [0.15, 0.2) is 54.9 Å². The fraction of sp³-hybridized carbons (Fsp3) is 0.464. The summed E-state index contributed by atoms with van der Waals surface area (Å²) < 4.78 is 3.74. The number of nitrogens with zero attached hydrogens (tertiary/aromatic N) is 7. The number of carbonyl (C=O) groups is 1. The Balaban J connectivity index is 0.00000280. The number of para-hydroxylation sites is 2. The summed E-state index contributed by atoms with van der Waals surface area (Å²) in [4.78, 5) is 21.4. The van der Waals surface area contributed by atoms with Crippen molar-refractivity contribution >= 4 is 29.3 Å². The van der Waals surface area contributed by atoms with E-state index >= 15 is 0 Å². The van der Waals surface area contributed by atoms with E-state index in [9.17, 15) is 4.79 Å². The number of imidazole rings is 1. The van der Waals surface area contributed by atoms with Crippen molar-refractivity contribution in [1.82, 2.24) is 34.7 Å². The van der Waals surface area contributed by atoms with Crippen LogP contribution in [-0.2, 0) is 11.3 Å². The van der Waals surface area contributed by atoms with Crippen molar-refractivity contribution in [2.75, 3.05) is 0 Å². The van der Waals surface area contributed by atoms with Crippen LogP contribution in [0.25, 0.3) is 28.1 Å². The molecule has 0 unspecified atom stereocenters. The number of carbonyl (C=O) groups excluding carboxylic acids is 1. The van der Waals surface area contributed by atoms with Gasteiger partial charge in [-0.25, -0.2) is 9.67 Å². The molecule has 0 atom stereocenters. The zero-order valence-electron chi connectivity index (χ0n) is 21.1. The molecule has 194 valence electrons. The molecule has 0 bridgehead atoms. The maximum Gasteiger partial charge on any atom is 0.243 e. The molecule has 0 saturated heterocycles. The summed E-state index contributed by atoms with van der Waals surface area (Å²) in [5.74, 6) is 1.03. The van der Waals surface area contributed by atoms with Gasteiger partial charge in [0.1, 0.15) is 18.7 Å². The van der Waals surface area contributed by atoms with E-state index < -0.39 is 0 Å². The van der Waals surface area contributed by atoms with E-state index in [1.807, 2.05) is 42.5 Å². The zero-order chi connectivity index (χ0) is 24.3. The van der Waals surface area contributed by atoms with Crippen LogP contribution in [0.1, 0.15) is 64.2 Å². The van der Waals surface area contributed by atoms with Crippen LogP contribution in [0.5, 0.6) is 0 Å². The Morgan fingerprint density at radius 2 is 1.59 bits per heavy atom. The van der Waals surface area contributed by atoms with Gasteiger partial charge in [0, 0.05) is 17.6 Å². The van der Waals surface area contributed by atoms with Gasteiger partial charge in [0.2, 0.25) is 5.91 Å². The summed E-state index contributed by atoms with van der Waals surface area (Å²) in [6.07, 6.45) is 13.6. The Labute approximate surface area is 223 Å². The number of hydrogen-bond donors (Lipinski definition) is 0. The number of fused-ring (bicyclic) bond motifs is 1. The SMILES string of the molecule is Cl.O=C(Cn1c(-c2cccc(-n3cnnn3)c2)nc2ccccc21)N(C1CCCCC1)C1CCCCC1. The molecular weight excluding hydrogens is 486 g/mol. The van der Waals surface area contributed by atoms with Crippen molar-refractivity contribution in [1.29, 1.82) is 0 Å². The van der Waals surface area contributed by atoms with Crippen molar-refractivity contribution in [3.8, 4) is 17.1 Å². The van der Waals surface area contributed by atoms with Gasteiger partial charge in [-0.15, -0.1) is 17.5 Å². The number of benzene rings is 2. The molecule has 2 saturated carbocycles. The first kappa shape index (κ1) is 25.4. The first-order valence-electron chi connectivity index (χ1n) is 13.4. The third kappa shape index (κ3) is 5.25. The summed E-state index contributed by atoms with van der Waals surface area (Å²) in [5.41, 5.74) is 3.68. The van der Waals surface area contributed by atoms with Gasteiger partial charge in [0.25, 0.3) is 0 Å². The lowest BCUT2D eigenvalue weighted by atomic mass is 9.88. The Hall–Kier alpha value is -3.26. The van der Waals surface area contributed by atoms with Gasteiger partial charge < -0.3 is 9.47 Å². The van der Waals surface area contributed by atoms with Crippen LogP contribution in [0.2, 0.25) is 0 Å². The lowest BCUT2D eigenvalue weighted by Crippen LogP contribution is -2.50. The summed E-state index contributed by atoms with van der Waals surface area (Å²) >= 11 is 0. The second-order valence-corrected chi connectivity index (χ2v) is 10.2. The fourth-order valence-electron chi connectivity index (χ4n) is 6.16. The molecule has 37 heavy (non-hydrogen) atoms. The van der Waals surface area contributed by atoms with Crippen molar-refractivity contribution < 1.29 is 4.79 Å². The Morgan fingerprint density at radius 3 is 2.27 bits per heavy atom. The molecule has 2 aliphatic carbocycles. The molecule has 9 heteroatoms. The zero-order valence-corrected chi connectivity index (χ0v) is 21.9. The lowest BCUT2D eigenvalue weighted by molar-refractivity contribution is -0.138. The molecule has 0 N–H and O–H groups in total. The van der Waals surface area contributed by atoms with Crippen LogP contribution in [0.3, 0.4) is 0 Å². The third-order valence-corrected chi connectivity index (χ3v) is 7.89. The second-order valence-electron chi connectivity index (χ2n) is 10.2. The van der Waals surface area contributed by atoms with Gasteiger partial charge in [0.15, 0.2) is 0 Å². The van der Waals surface area contributed by atoms with Gasteiger partial charge >= 0.3 is 0 Å². The van der Waals surface area contributed by atoms with E-state index in [1.54, 1.807) is 11.0 Å². The molecule has 2 aromatic carbocycles. The highest BCUT2D eigenvalue weighted by Crippen LogP contribution is 2.32. The molecule has 0 radical (unpaired) electrons. The minimum atomic E-state index is 0. The third-order valence-electron chi connectivity index (χ3n) is 7.89. The average molecular weight is 520 g/mol. The topological polar surface area (TPSA) is 81.7 Å². The van der Waals surface area contributed by atoms with Gasteiger partial charge in [-0.1, -0.05) is 62.8 Å². The minimum absolute atomic E-state index is 0. The van der Waals surface area contributed by atoms with Crippen LogP contribution in [0.4, 0.5) is 0 Å². The Morgan fingerprint density at radius 1 is 0.892 bits per heavy atom. The number of hydrogen-bond acceptors (Lipinski definition) is 5. The predicted molar refractivity (Wildman–Crippen MR) is 146 cm³/mol. The van der Waals surface area contributed by atoms with E-state index in [2.05, 4.69) is 31.1 Å². The molecule has 0 aliphatic heterocycles. The lowest BCUT2D eigenvalue weighted by Gasteiger charge is -2.42. The van der Waals surface area contributed by atoms with E-state index in [-0.39, 0.29) is 18.3 Å². The largest absolute Gasteiger partial charge is 0.335 e. The standard InChI is InChI=1S/C28H33N7O.ClH/c36-27(35(22-11-3-1-4-12-22)23-13-5-2-6-14-23)19-33-26-17-8-7-16-25(26)30-28(33)21-10-9-15-24(18-21)34-20-29-31-32-34;/h7-10,15-18,20,22-23H,1-6,11-14,19H2;1H. The van der Waals surface area contributed by atoms with Gasteiger partial charge in [0.05, 0.1) is 16.7 Å². The highest BCUT2D eigenvalue weighted by Gasteiger charge is 2.33. The molecule has 8 nitrogen and oxygen atoms in total. The van der Waals surface area contributed by atoms with Gasteiger partial charge in [-0.05, 0) is 60.4 Å². The summed E-state index contributed by atoms with van der Waals surface area (Å²) in [6, 6.07) is 16.9. The molecule has 6 rings (SSSR count). The Kier molecular flexibility index (Phi) is 7.84. The Bertz CT molecular complexity index is 1310. The summed E-state index contributed by atoms with van der Waals surface area (Å²) in [7, 11) is 0. The molecule has 2 aromatic heterocycles. The average Bonchev–Trinajstić information content (AvgIpc) is 3.59. The summed E-state index contributed by atoms with van der Waals surface area (Å²) in [6.45, 7) is 0.304. The molecule has 0 spiro atoms. The van der Waals surface area contributed by atoms with E-state index in [0.717, 1.165) is 53.8 Å². The van der Waals surface area contributed by atoms with E-state index in [4.69, 9.17) is 4.98 Å². The van der Waals surface area contributed by atoms with Crippen LogP contribution in [0, 0.1) is 0 Å². The fourth-order valence-corrected chi connectivity index (χ4v) is 6.16. The first-order chi connectivity index (χ1) is 17.8. The molecular formula is C28H34ClN7O. The van der Waals surface area contributed by atoms with Gasteiger partial charge in [-0.2, -0.15) is 0 Å². The molecule has 4 aromatic rings. The van der Waals surface area contributed by atoms with Crippen LogP contribution < -0.4 is 0 Å². The second kappa shape index (κ2) is 11.4. The van der Waals surface area contributed by atoms with Crippen molar-refractivity contribution in [2.45, 2.75) is 82.8 Å². The number of amides is 1. The van der Waals surface area contributed by atoms with E-state index in [0.29, 0.717) is 18.6 Å². The van der Waals surface area contributed by atoms with E-state index in [1.165, 1.54) is 38.5 Å².